The molecular formula is C13H12BrN3O. The van der Waals surface area contributed by atoms with Crippen molar-refractivity contribution in [3.63, 3.8) is 0 Å². The molecule has 0 amide bonds. The zero-order chi connectivity index (χ0) is 12.7. The number of rotatable bonds is 1. The van der Waals surface area contributed by atoms with Crippen LogP contribution in [0.5, 0.6) is 0 Å². The number of aryl methyl sites for hydroxylation is 1. The highest BCUT2D eigenvalue weighted by Gasteiger charge is 2.31. The molecule has 0 radical (unpaired) electrons. The molecule has 0 spiro atoms. The molecule has 1 atom stereocenters. The number of hydrogen-bond acceptors (Lipinski definition) is 3. The van der Waals surface area contributed by atoms with Crippen LogP contribution in [0.3, 0.4) is 0 Å². The Kier molecular flexibility index (Phi) is 2.78. The van der Waals surface area contributed by atoms with Crippen LogP contribution >= 0.6 is 15.9 Å². The summed E-state index contributed by atoms with van der Waals surface area (Å²) in [5.74, 6) is 0.901. The van der Waals surface area contributed by atoms with Crippen LogP contribution in [0.4, 0.5) is 0 Å². The Hall–Kier alpha value is -1.49. The molecule has 2 aromatic heterocycles. The number of carbonyl (C=O) groups excluding carboxylic acids is 1. The number of hydrogen-bond donors (Lipinski definition) is 0. The van der Waals surface area contributed by atoms with Crippen LogP contribution in [0.2, 0.25) is 0 Å². The van der Waals surface area contributed by atoms with Crippen molar-refractivity contribution in [3.8, 4) is 5.82 Å². The summed E-state index contributed by atoms with van der Waals surface area (Å²) in [6, 6.07) is 5.69. The highest BCUT2D eigenvalue weighted by Crippen LogP contribution is 2.29. The van der Waals surface area contributed by atoms with E-state index in [1.165, 1.54) is 0 Å². The van der Waals surface area contributed by atoms with Crippen molar-refractivity contribution in [2.45, 2.75) is 24.6 Å². The lowest BCUT2D eigenvalue weighted by Gasteiger charge is -2.17. The average Bonchev–Trinajstić information content (AvgIpc) is 2.73. The first-order valence-electron chi connectivity index (χ1n) is 5.86. The van der Waals surface area contributed by atoms with Gasteiger partial charge in [-0.15, -0.1) is 0 Å². The fourth-order valence-electron chi connectivity index (χ4n) is 2.35. The van der Waals surface area contributed by atoms with E-state index in [9.17, 15) is 4.79 Å². The summed E-state index contributed by atoms with van der Waals surface area (Å²) in [6.07, 6.45) is 3.38. The van der Waals surface area contributed by atoms with Crippen LogP contribution in [0.25, 0.3) is 5.82 Å². The predicted molar refractivity (Wildman–Crippen MR) is 71.5 cm³/mol. The Morgan fingerprint density at radius 1 is 1.44 bits per heavy atom. The van der Waals surface area contributed by atoms with E-state index < -0.39 is 0 Å². The lowest BCUT2D eigenvalue weighted by Crippen LogP contribution is -2.23. The standard InChI is InChI=1S/C13H12BrN3O/c1-8-12-10(6-5-9(14)13(12)18)17(16-8)11-4-2-3-7-15-11/h2-4,7,9H,5-6H2,1H3/t9-/m0/s1. The largest absolute Gasteiger partial charge is 0.293 e. The Labute approximate surface area is 113 Å². The smallest absolute Gasteiger partial charge is 0.180 e. The van der Waals surface area contributed by atoms with E-state index in [-0.39, 0.29) is 10.6 Å². The lowest BCUT2D eigenvalue weighted by atomic mass is 9.94. The molecule has 1 aliphatic carbocycles. The maximum absolute atomic E-state index is 12.2. The first-order chi connectivity index (χ1) is 8.68. The van der Waals surface area contributed by atoms with Crippen LogP contribution < -0.4 is 0 Å². The van der Waals surface area contributed by atoms with Crippen LogP contribution in [-0.4, -0.2) is 25.4 Å². The third kappa shape index (κ3) is 1.70. The first kappa shape index (κ1) is 11.6. The number of carbonyl (C=O) groups is 1. The van der Waals surface area contributed by atoms with Gasteiger partial charge in [-0.3, -0.25) is 4.79 Å². The molecule has 0 aromatic carbocycles. The van der Waals surface area contributed by atoms with Crippen molar-refractivity contribution in [1.29, 1.82) is 0 Å². The van der Waals surface area contributed by atoms with Gasteiger partial charge in [-0.1, -0.05) is 22.0 Å². The van der Waals surface area contributed by atoms with Crippen LogP contribution in [0, 0.1) is 6.92 Å². The van der Waals surface area contributed by atoms with Gasteiger partial charge in [-0.05, 0) is 31.9 Å². The van der Waals surface area contributed by atoms with Crippen molar-refractivity contribution < 1.29 is 4.79 Å². The molecule has 0 saturated carbocycles. The first-order valence-corrected chi connectivity index (χ1v) is 6.78. The third-order valence-corrected chi connectivity index (χ3v) is 4.06. The molecular weight excluding hydrogens is 294 g/mol. The Bertz CT molecular complexity index is 606. The highest BCUT2D eigenvalue weighted by molar-refractivity contribution is 9.10. The average molecular weight is 306 g/mol. The number of Topliss-reactive ketones (excluding diaryl/α,β-unsaturated/α-hetero) is 1. The Morgan fingerprint density at radius 2 is 2.28 bits per heavy atom. The fraction of sp³-hybridized carbons (Fsp3) is 0.308. The van der Waals surface area contributed by atoms with Gasteiger partial charge in [-0.2, -0.15) is 5.10 Å². The molecule has 1 aliphatic rings. The molecule has 5 heteroatoms. The van der Waals surface area contributed by atoms with E-state index >= 15 is 0 Å². The van der Waals surface area contributed by atoms with Gasteiger partial charge in [0.15, 0.2) is 11.6 Å². The number of ketones is 1. The number of halogens is 1. The minimum atomic E-state index is -0.0786. The van der Waals surface area contributed by atoms with Gasteiger partial charge in [0.05, 0.1) is 21.8 Å². The maximum atomic E-state index is 12.2. The number of pyridine rings is 1. The summed E-state index contributed by atoms with van der Waals surface area (Å²) in [5.41, 5.74) is 2.52. The van der Waals surface area contributed by atoms with E-state index in [0.717, 1.165) is 35.6 Å². The van der Waals surface area contributed by atoms with E-state index in [1.807, 2.05) is 25.1 Å². The summed E-state index contributed by atoms with van der Waals surface area (Å²) < 4.78 is 1.79. The molecule has 0 unspecified atom stereocenters. The second-order valence-electron chi connectivity index (χ2n) is 4.38. The van der Waals surface area contributed by atoms with Crippen molar-refractivity contribution in [3.05, 3.63) is 41.3 Å². The highest BCUT2D eigenvalue weighted by atomic mass is 79.9. The Morgan fingerprint density at radius 3 is 3.00 bits per heavy atom. The molecule has 0 saturated heterocycles. The summed E-state index contributed by atoms with van der Waals surface area (Å²) >= 11 is 3.42. The van der Waals surface area contributed by atoms with Gasteiger partial charge < -0.3 is 0 Å². The second kappa shape index (κ2) is 4.31. The van der Waals surface area contributed by atoms with Crippen molar-refractivity contribution in [1.82, 2.24) is 14.8 Å². The van der Waals surface area contributed by atoms with Gasteiger partial charge in [0.1, 0.15) is 0 Å². The van der Waals surface area contributed by atoms with E-state index in [2.05, 4.69) is 26.0 Å². The minimum Gasteiger partial charge on any atom is -0.293 e. The topological polar surface area (TPSA) is 47.8 Å². The van der Waals surface area contributed by atoms with Crippen molar-refractivity contribution in [2.75, 3.05) is 0 Å². The Balaban J connectivity index is 2.18. The van der Waals surface area contributed by atoms with Gasteiger partial charge in [0.25, 0.3) is 0 Å². The monoisotopic (exact) mass is 305 g/mol. The minimum absolute atomic E-state index is 0.0786. The number of nitrogens with zero attached hydrogens (tertiary/aromatic N) is 3. The summed E-state index contributed by atoms with van der Waals surface area (Å²) in [7, 11) is 0. The van der Waals surface area contributed by atoms with Gasteiger partial charge in [0.2, 0.25) is 0 Å². The number of alkyl halides is 1. The second-order valence-corrected chi connectivity index (χ2v) is 5.48. The molecule has 0 bridgehead atoms. The van der Waals surface area contributed by atoms with Crippen LogP contribution in [-0.2, 0) is 6.42 Å². The third-order valence-electron chi connectivity index (χ3n) is 3.19. The molecule has 0 fully saturated rings. The zero-order valence-electron chi connectivity index (χ0n) is 9.93. The van der Waals surface area contributed by atoms with Gasteiger partial charge >= 0.3 is 0 Å². The molecule has 3 rings (SSSR count). The number of aromatic nitrogens is 3. The predicted octanol–water partition coefficient (Wildman–Crippen LogP) is 2.47. The van der Waals surface area contributed by atoms with Crippen molar-refractivity contribution in [2.24, 2.45) is 0 Å². The molecule has 4 nitrogen and oxygen atoms in total. The maximum Gasteiger partial charge on any atom is 0.180 e. The van der Waals surface area contributed by atoms with E-state index in [0.29, 0.717) is 0 Å². The van der Waals surface area contributed by atoms with Crippen molar-refractivity contribution >= 4 is 21.7 Å². The number of fused-ring (bicyclic) bond motifs is 1. The van der Waals surface area contributed by atoms with E-state index in [4.69, 9.17) is 0 Å². The summed E-state index contributed by atoms with van der Waals surface area (Å²) in [5, 5.41) is 4.46. The molecule has 18 heavy (non-hydrogen) atoms. The van der Waals surface area contributed by atoms with Crippen LogP contribution in [0.1, 0.15) is 28.2 Å². The molecule has 92 valence electrons. The SMILES string of the molecule is Cc1nn(-c2ccccn2)c2c1C(=O)[C@@H](Br)CC2. The van der Waals surface area contributed by atoms with Crippen LogP contribution in [0.15, 0.2) is 24.4 Å². The summed E-state index contributed by atoms with van der Waals surface area (Å²) in [4.78, 5) is 16.4. The molecule has 0 aliphatic heterocycles. The van der Waals surface area contributed by atoms with E-state index in [1.54, 1.807) is 10.9 Å². The molecule has 0 N–H and O–H groups in total. The molecule has 2 heterocycles. The normalized spacial score (nSPS) is 18.8. The summed E-state index contributed by atoms with van der Waals surface area (Å²) in [6.45, 7) is 1.88. The quantitative estimate of drug-likeness (QED) is 0.760. The zero-order valence-corrected chi connectivity index (χ0v) is 11.5. The van der Waals surface area contributed by atoms with Gasteiger partial charge in [-0.25, -0.2) is 9.67 Å². The fourth-order valence-corrected chi connectivity index (χ4v) is 2.80. The molecule has 2 aromatic rings. The lowest BCUT2D eigenvalue weighted by molar-refractivity contribution is 0.0980. The van der Waals surface area contributed by atoms with Gasteiger partial charge in [0, 0.05) is 6.20 Å².